The Hall–Kier alpha value is -2.62. The van der Waals surface area contributed by atoms with Crippen molar-refractivity contribution in [2.24, 2.45) is 0 Å². The van der Waals surface area contributed by atoms with E-state index in [0.717, 1.165) is 40.9 Å². The van der Waals surface area contributed by atoms with Gasteiger partial charge in [0.05, 0.1) is 16.9 Å². The zero-order valence-corrected chi connectivity index (χ0v) is 11.1. The third-order valence-corrected chi connectivity index (χ3v) is 3.25. The van der Waals surface area contributed by atoms with E-state index < -0.39 is 0 Å². The van der Waals surface area contributed by atoms with Crippen LogP contribution in [0.15, 0.2) is 54.9 Å². The molecule has 2 aromatic heterocycles. The number of nitrogen functional groups attached to an aromatic ring is 1. The molecule has 0 unspecified atom stereocenters. The van der Waals surface area contributed by atoms with Gasteiger partial charge in [0, 0.05) is 36.4 Å². The van der Waals surface area contributed by atoms with Crippen LogP contribution in [-0.2, 0) is 6.42 Å². The number of anilines is 2. The molecular formula is C16H16N4. The number of benzene rings is 1. The minimum Gasteiger partial charge on any atom is -0.397 e. The average Bonchev–Trinajstić information content (AvgIpc) is 2.51. The van der Waals surface area contributed by atoms with E-state index in [0.29, 0.717) is 0 Å². The van der Waals surface area contributed by atoms with Crippen molar-refractivity contribution < 1.29 is 0 Å². The number of nitrogens with one attached hydrogen (secondary N) is 1. The van der Waals surface area contributed by atoms with Crippen LogP contribution in [0.3, 0.4) is 0 Å². The van der Waals surface area contributed by atoms with E-state index in [2.05, 4.69) is 15.3 Å². The van der Waals surface area contributed by atoms with Crippen molar-refractivity contribution in [3.8, 4) is 0 Å². The van der Waals surface area contributed by atoms with Gasteiger partial charge in [0.1, 0.15) is 0 Å². The molecule has 4 heteroatoms. The zero-order valence-electron chi connectivity index (χ0n) is 11.1. The Morgan fingerprint density at radius 2 is 1.85 bits per heavy atom. The average molecular weight is 264 g/mol. The van der Waals surface area contributed by atoms with E-state index in [1.165, 1.54) is 0 Å². The van der Waals surface area contributed by atoms with Crippen LogP contribution < -0.4 is 11.1 Å². The van der Waals surface area contributed by atoms with Crippen LogP contribution in [0.4, 0.5) is 11.4 Å². The van der Waals surface area contributed by atoms with Crippen molar-refractivity contribution in [1.29, 1.82) is 0 Å². The van der Waals surface area contributed by atoms with Gasteiger partial charge in [-0.2, -0.15) is 0 Å². The maximum Gasteiger partial charge on any atom is 0.0724 e. The second kappa shape index (κ2) is 5.57. The van der Waals surface area contributed by atoms with Crippen molar-refractivity contribution in [3.05, 3.63) is 60.6 Å². The van der Waals surface area contributed by atoms with Gasteiger partial charge in [-0.15, -0.1) is 0 Å². The lowest BCUT2D eigenvalue weighted by Gasteiger charge is -2.11. The smallest absolute Gasteiger partial charge is 0.0724 e. The number of pyridine rings is 2. The number of hydrogen-bond donors (Lipinski definition) is 2. The fourth-order valence-corrected chi connectivity index (χ4v) is 2.20. The molecule has 0 spiro atoms. The molecule has 0 saturated carbocycles. The number of fused-ring (bicyclic) bond motifs is 1. The molecule has 1 aromatic carbocycles. The summed E-state index contributed by atoms with van der Waals surface area (Å²) < 4.78 is 0. The second-order valence-electron chi connectivity index (χ2n) is 4.59. The molecule has 0 radical (unpaired) electrons. The first kappa shape index (κ1) is 12.4. The first-order valence-electron chi connectivity index (χ1n) is 6.61. The van der Waals surface area contributed by atoms with E-state index >= 15 is 0 Å². The molecule has 0 atom stereocenters. The summed E-state index contributed by atoms with van der Waals surface area (Å²) in [6, 6.07) is 13.8. The van der Waals surface area contributed by atoms with Gasteiger partial charge < -0.3 is 11.1 Å². The monoisotopic (exact) mass is 264 g/mol. The lowest BCUT2D eigenvalue weighted by atomic mass is 10.1. The summed E-state index contributed by atoms with van der Waals surface area (Å²) in [5.41, 5.74) is 9.86. The molecule has 0 aliphatic carbocycles. The fourth-order valence-electron chi connectivity index (χ4n) is 2.20. The quantitative estimate of drug-likeness (QED) is 0.711. The number of nitrogens with zero attached hydrogens (tertiary/aromatic N) is 2. The van der Waals surface area contributed by atoms with Gasteiger partial charge in [-0.05, 0) is 36.4 Å². The lowest BCUT2D eigenvalue weighted by Crippen LogP contribution is -2.08. The fraction of sp³-hybridized carbons (Fsp3) is 0.125. The Bertz CT molecular complexity index is 710. The molecule has 3 aromatic rings. The maximum atomic E-state index is 6.18. The van der Waals surface area contributed by atoms with E-state index in [1.54, 1.807) is 6.20 Å². The molecule has 0 saturated heterocycles. The highest BCUT2D eigenvalue weighted by Crippen LogP contribution is 2.27. The highest BCUT2D eigenvalue weighted by molar-refractivity contribution is 5.96. The topological polar surface area (TPSA) is 63.8 Å². The Morgan fingerprint density at radius 1 is 0.950 bits per heavy atom. The summed E-state index contributed by atoms with van der Waals surface area (Å²) in [5, 5.41) is 4.34. The molecule has 2 heterocycles. The zero-order chi connectivity index (χ0) is 13.8. The predicted octanol–water partition coefficient (Wildman–Crippen LogP) is 2.87. The van der Waals surface area contributed by atoms with Crippen molar-refractivity contribution >= 4 is 22.3 Å². The standard InChI is InChI=1S/C16H16N4/c17-16-13-5-3-10-19-14(13)6-7-15(16)20-11-8-12-4-1-2-9-18-12/h1-7,9-10,20H,8,11,17H2. The molecule has 4 nitrogen and oxygen atoms in total. The third-order valence-electron chi connectivity index (χ3n) is 3.25. The van der Waals surface area contributed by atoms with Gasteiger partial charge in [0.25, 0.3) is 0 Å². The van der Waals surface area contributed by atoms with Crippen molar-refractivity contribution in [3.63, 3.8) is 0 Å². The molecule has 3 N–H and O–H groups in total. The summed E-state index contributed by atoms with van der Waals surface area (Å²) in [4.78, 5) is 8.59. The molecule has 0 aliphatic rings. The molecule has 0 fully saturated rings. The summed E-state index contributed by atoms with van der Waals surface area (Å²) in [5.74, 6) is 0. The van der Waals surface area contributed by atoms with Gasteiger partial charge >= 0.3 is 0 Å². The van der Waals surface area contributed by atoms with Gasteiger partial charge in [-0.3, -0.25) is 9.97 Å². The van der Waals surface area contributed by atoms with Crippen LogP contribution in [0.1, 0.15) is 5.69 Å². The third kappa shape index (κ3) is 2.54. The van der Waals surface area contributed by atoms with Crippen molar-refractivity contribution in [2.75, 3.05) is 17.6 Å². The van der Waals surface area contributed by atoms with Crippen LogP contribution in [0.5, 0.6) is 0 Å². The van der Waals surface area contributed by atoms with Crippen molar-refractivity contribution in [2.45, 2.75) is 6.42 Å². The predicted molar refractivity (Wildman–Crippen MR) is 82.6 cm³/mol. The molecule has 100 valence electrons. The molecule has 0 bridgehead atoms. The van der Waals surface area contributed by atoms with Crippen LogP contribution in [-0.4, -0.2) is 16.5 Å². The second-order valence-corrected chi connectivity index (χ2v) is 4.59. The summed E-state index contributed by atoms with van der Waals surface area (Å²) >= 11 is 0. The van der Waals surface area contributed by atoms with Crippen molar-refractivity contribution in [1.82, 2.24) is 9.97 Å². The number of rotatable bonds is 4. The molecule has 0 amide bonds. The van der Waals surface area contributed by atoms with Gasteiger partial charge in [-0.1, -0.05) is 6.07 Å². The SMILES string of the molecule is Nc1c(NCCc2ccccn2)ccc2ncccc12. The Balaban J connectivity index is 1.73. The minimum absolute atomic E-state index is 0.747. The van der Waals surface area contributed by atoms with Gasteiger partial charge in [-0.25, -0.2) is 0 Å². The number of hydrogen-bond acceptors (Lipinski definition) is 4. The molecular weight excluding hydrogens is 248 g/mol. The molecule has 20 heavy (non-hydrogen) atoms. The normalized spacial score (nSPS) is 10.6. The summed E-state index contributed by atoms with van der Waals surface area (Å²) in [6.45, 7) is 0.799. The first-order valence-corrected chi connectivity index (χ1v) is 6.61. The minimum atomic E-state index is 0.747. The largest absolute Gasteiger partial charge is 0.397 e. The van der Waals surface area contributed by atoms with Crippen LogP contribution in [0.25, 0.3) is 10.9 Å². The van der Waals surface area contributed by atoms with E-state index in [1.807, 2.05) is 48.7 Å². The van der Waals surface area contributed by atoms with Gasteiger partial charge in [0.2, 0.25) is 0 Å². The summed E-state index contributed by atoms with van der Waals surface area (Å²) in [7, 11) is 0. The van der Waals surface area contributed by atoms with Gasteiger partial charge in [0.15, 0.2) is 0 Å². The van der Waals surface area contributed by atoms with E-state index in [-0.39, 0.29) is 0 Å². The summed E-state index contributed by atoms with van der Waals surface area (Å²) in [6.07, 6.45) is 4.45. The Kier molecular flexibility index (Phi) is 3.46. The lowest BCUT2D eigenvalue weighted by molar-refractivity contribution is 0.962. The Labute approximate surface area is 117 Å². The van der Waals surface area contributed by atoms with Crippen LogP contribution in [0.2, 0.25) is 0 Å². The van der Waals surface area contributed by atoms with E-state index in [9.17, 15) is 0 Å². The highest BCUT2D eigenvalue weighted by atomic mass is 14.9. The molecule has 3 rings (SSSR count). The Morgan fingerprint density at radius 3 is 2.70 bits per heavy atom. The number of nitrogens with two attached hydrogens (primary N) is 1. The first-order chi connectivity index (χ1) is 9.84. The van der Waals surface area contributed by atoms with E-state index in [4.69, 9.17) is 5.73 Å². The molecule has 0 aliphatic heterocycles. The van der Waals surface area contributed by atoms with Crippen LogP contribution in [0, 0.1) is 0 Å². The number of aromatic nitrogens is 2. The maximum absolute atomic E-state index is 6.18. The highest BCUT2D eigenvalue weighted by Gasteiger charge is 2.04. The van der Waals surface area contributed by atoms with Crippen LogP contribution >= 0.6 is 0 Å².